The monoisotopic (exact) mass is 253 g/mol. The van der Waals surface area contributed by atoms with Crippen molar-refractivity contribution in [3.63, 3.8) is 0 Å². The summed E-state index contributed by atoms with van der Waals surface area (Å²) in [4.78, 5) is 0. The van der Waals surface area contributed by atoms with E-state index in [2.05, 4.69) is 12.2 Å². The molecule has 1 nitrogen and oxygen atoms in total. The maximum Gasteiger partial charge on any atom is 0.163 e. The fourth-order valence-electron chi connectivity index (χ4n) is 2.71. The lowest BCUT2D eigenvalue weighted by molar-refractivity contribution is 0.284. The van der Waals surface area contributed by atoms with E-state index >= 15 is 0 Å². The lowest BCUT2D eigenvalue weighted by atomic mass is 9.84. The molecule has 1 aromatic carbocycles. The molecule has 2 rings (SSSR count). The van der Waals surface area contributed by atoms with Gasteiger partial charge in [-0.2, -0.15) is 0 Å². The van der Waals surface area contributed by atoms with E-state index in [0.29, 0.717) is 18.2 Å². The van der Waals surface area contributed by atoms with E-state index in [-0.39, 0.29) is 0 Å². The van der Waals surface area contributed by atoms with Crippen molar-refractivity contribution in [2.75, 3.05) is 0 Å². The van der Waals surface area contributed by atoms with Gasteiger partial charge in [-0.1, -0.05) is 25.5 Å². The van der Waals surface area contributed by atoms with E-state index in [9.17, 15) is 8.78 Å². The number of benzene rings is 1. The van der Waals surface area contributed by atoms with Crippen LogP contribution in [0.1, 0.15) is 44.6 Å². The third-order valence-corrected chi connectivity index (χ3v) is 4.04. The standard InChI is InChI=1S/C15H21F2N/c1-2-11-6-8-13(9-7-11)18-10-12-4-3-5-14(16)15(12)17/h3-5,11,13,18H,2,6-10H2,1H3. The molecule has 0 unspecified atom stereocenters. The van der Waals surface area contributed by atoms with Crippen molar-refractivity contribution in [3.05, 3.63) is 35.4 Å². The third kappa shape index (κ3) is 3.29. The molecule has 18 heavy (non-hydrogen) atoms. The topological polar surface area (TPSA) is 12.0 Å². The highest BCUT2D eigenvalue weighted by atomic mass is 19.2. The first-order valence-electron chi connectivity index (χ1n) is 6.87. The van der Waals surface area contributed by atoms with Gasteiger partial charge in [0.15, 0.2) is 11.6 Å². The largest absolute Gasteiger partial charge is 0.310 e. The molecular weight excluding hydrogens is 232 g/mol. The summed E-state index contributed by atoms with van der Waals surface area (Å²) in [6.07, 6.45) is 6.05. The quantitative estimate of drug-likeness (QED) is 0.854. The lowest BCUT2D eigenvalue weighted by Crippen LogP contribution is -2.32. The Morgan fingerprint density at radius 2 is 1.89 bits per heavy atom. The van der Waals surface area contributed by atoms with E-state index in [1.165, 1.54) is 19.3 Å². The Hall–Kier alpha value is -0.960. The normalized spacial score (nSPS) is 24.2. The SMILES string of the molecule is CCC1CCC(NCc2cccc(F)c2F)CC1. The summed E-state index contributed by atoms with van der Waals surface area (Å²) in [7, 11) is 0. The average Bonchev–Trinajstić information content (AvgIpc) is 2.41. The molecule has 0 spiro atoms. The molecule has 0 amide bonds. The smallest absolute Gasteiger partial charge is 0.163 e. The fourth-order valence-corrected chi connectivity index (χ4v) is 2.71. The zero-order valence-electron chi connectivity index (χ0n) is 10.9. The first kappa shape index (κ1) is 13.5. The molecule has 0 atom stereocenters. The van der Waals surface area contributed by atoms with Crippen LogP contribution < -0.4 is 5.32 Å². The number of rotatable bonds is 4. The predicted molar refractivity (Wildman–Crippen MR) is 69.2 cm³/mol. The Bertz CT molecular complexity index is 384. The van der Waals surface area contributed by atoms with Crippen LogP contribution in [0.3, 0.4) is 0 Å². The Morgan fingerprint density at radius 3 is 2.56 bits per heavy atom. The second kappa shape index (κ2) is 6.28. The Balaban J connectivity index is 1.83. The van der Waals surface area contributed by atoms with Crippen molar-refractivity contribution >= 4 is 0 Å². The molecule has 0 heterocycles. The van der Waals surface area contributed by atoms with Crippen molar-refractivity contribution in [2.24, 2.45) is 5.92 Å². The second-order valence-electron chi connectivity index (χ2n) is 5.22. The van der Waals surface area contributed by atoms with Crippen molar-refractivity contribution in [1.29, 1.82) is 0 Å². The van der Waals surface area contributed by atoms with Crippen molar-refractivity contribution in [2.45, 2.75) is 51.6 Å². The Morgan fingerprint density at radius 1 is 1.17 bits per heavy atom. The summed E-state index contributed by atoms with van der Waals surface area (Å²) in [5, 5.41) is 3.34. The minimum absolute atomic E-state index is 0.422. The summed E-state index contributed by atoms with van der Waals surface area (Å²) in [6, 6.07) is 4.81. The van der Waals surface area contributed by atoms with Crippen LogP contribution >= 0.6 is 0 Å². The second-order valence-corrected chi connectivity index (χ2v) is 5.22. The summed E-state index contributed by atoms with van der Waals surface area (Å²) in [6.45, 7) is 2.66. The van der Waals surface area contributed by atoms with Crippen LogP contribution in [0.4, 0.5) is 8.78 Å². The highest BCUT2D eigenvalue weighted by Crippen LogP contribution is 2.26. The molecule has 0 radical (unpaired) electrons. The molecule has 0 saturated heterocycles. The lowest BCUT2D eigenvalue weighted by Gasteiger charge is -2.28. The van der Waals surface area contributed by atoms with Gasteiger partial charge in [0.2, 0.25) is 0 Å². The van der Waals surface area contributed by atoms with Crippen LogP contribution in [0, 0.1) is 17.6 Å². The van der Waals surface area contributed by atoms with E-state index in [1.807, 2.05) is 0 Å². The summed E-state index contributed by atoms with van der Waals surface area (Å²) in [5.41, 5.74) is 0.424. The minimum atomic E-state index is -0.760. The molecule has 0 aliphatic heterocycles. The van der Waals surface area contributed by atoms with Crippen LogP contribution in [0.2, 0.25) is 0 Å². The summed E-state index contributed by atoms with van der Waals surface area (Å²) >= 11 is 0. The highest BCUT2D eigenvalue weighted by molar-refractivity contribution is 5.18. The molecule has 0 aromatic heterocycles. The maximum atomic E-state index is 13.5. The summed E-state index contributed by atoms with van der Waals surface area (Å²) in [5.74, 6) is -0.620. The van der Waals surface area contributed by atoms with E-state index in [0.717, 1.165) is 24.8 Å². The molecule has 100 valence electrons. The first-order chi connectivity index (χ1) is 8.70. The first-order valence-corrected chi connectivity index (χ1v) is 6.87. The van der Waals surface area contributed by atoms with Crippen molar-refractivity contribution in [1.82, 2.24) is 5.32 Å². The van der Waals surface area contributed by atoms with Gasteiger partial charge in [-0.05, 0) is 37.7 Å². The van der Waals surface area contributed by atoms with Gasteiger partial charge < -0.3 is 5.32 Å². The number of halogens is 2. The van der Waals surface area contributed by atoms with Crippen LogP contribution in [-0.4, -0.2) is 6.04 Å². The molecule has 1 saturated carbocycles. The molecule has 0 bridgehead atoms. The van der Waals surface area contributed by atoms with Crippen LogP contribution in [0.15, 0.2) is 18.2 Å². The molecule has 1 aliphatic carbocycles. The predicted octanol–water partition coefficient (Wildman–Crippen LogP) is 4.02. The van der Waals surface area contributed by atoms with E-state index in [1.54, 1.807) is 12.1 Å². The molecule has 1 N–H and O–H groups in total. The number of nitrogens with one attached hydrogen (secondary N) is 1. The third-order valence-electron chi connectivity index (χ3n) is 4.04. The maximum absolute atomic E-state index is 13.5. The molecular formula is C15H21F2N. The van der Waals surface area contributed by atoms with Crippen molar-refractivity contribution in [3.8, 4) is 0 Å². The van der Waals surface area contributed by atoms with Crippen molar-refractivity contribution < 1.29 is 8.78 Å². The van der Waals surface area contributed by atoms with Gasteiger partial charge in [-0.25, -0.2) is 8.78 Å². The van der Waals surface area contributed by atoms with E-state index < -0.39 is 11.6 Å². The highest BCUT2D eigenvalue weighted by Gasteiger charge is 2.19. The zero-order valence-corrected chi connectivity index (χ0v) is 10.9. The Labute approximate surface area is 108 Å². The number of hydrogen-bond donors (Lipinski definition) is 1. The Kier molecular flexibility index (Phi) is 4.70. The average molecular weight is 253 g/mol. The van der Waals surface area contributed by atoms with Crippen LogP contribution in [0.25, 0.3) is 0 Å². The van der Waals surface area contributed by atoms with Gasteiger partial charge in [0.1, 0.15) is 0 Å². The van der Waals surface area contributed by atoms with Crippen LogP contribution in [-0.2, 0) is 6.54 Å². The summed E-state index contributed by atoms with van der Waals surface area (Å²) < 4.78 is 26.5. The molecule has 1 aliphatic rings. The minimum Gasteiger partial charge on any atom is -0.310 e. The molecule has 1 aromatic rings. The zero-order chi connectivity index (χ0) is 13.0. The van der Waals surface area contributed by atoms with Crippen LogP contribution in [0.5, 0.6) is 0 Å². The van der Waals surface area contributed by atoms with E-state index in [4.69, 9.17) is 0 Å². The molecule has 1 fully saturated rings. The van der Waals surface area contributed by atoms with Gasteiger partial charge in [0.05, 0.1) is 0 Å². The fraction of sp³-hybridized carbons (Fsp3) is 0.600. The van der Waals surface area contributed by atoms with Gasteiger partial charge in [0.25, 0.3) is 0 Å². The van der Waals surface area contributed by atoms with Gasteiger partial charge >= 0.3 is 0 Å². The van der Waals surface area contributed by atoms with Gasteiger partial charge in [0, 0.05) is 18.2 Å². The number of hydrogen-bond acceptors (Lipinski definition) is 1. The van der Waals surface area contributed by atoms with Gasteiger partial charge in [-0.3, -0.25) is 0 Å². The van der Waals surface area contributed by atoms with Gasteiger partial charge in [-0.15, -0.1) is 0 Å². The molecule has 3 heteroatoms.